The van der Waals surface area contributed by atoms with Crippen LogP contribution in [0.4, 0.5) is 0 Å². The highest BCUT2D eigenvalue weighted by Crippen LogP contribution is 2.44. The molecule has 13 heavy (non-hydrogen) atoms. The topological polar surface area (TPSA) is 32.8 Å². The molecule has 1 aliphatic carbocycles. The van der Waals surface area contributed by atoms with Crippen molar-refractivity contribution in [2.45, 2.75) is 51.0 Å². The number of hydrogen-bond donors (Lipinski definition) is 1. The average Bonchev–Trinajstić information content (AvgIpc) is 2.77. The maximum absolute atomic E-state index is 9.32. The van der Waals surface area contributed by atoms with Gasteiger partial charge in [0.2, 0.25) is 9.04 Å². The fourth-order valence-electron chi connectivity index (χ4n) is 2.48. The Morgan fingerprint density at radius 1 is 1.38 bits per heavy atom. The Morgan fingerprint density at radius 2 is 2.08 bits per heavy atom. The first-order valence-electron chi connectivity index (χ1n) is 5.33. The van der Waals surface area contributed by atoms with Gasteiger partial charge in [-0.25, -0.2) is 0 Å². The lowest BCUT2D eigenvalue weighted by Gasteiger charge is -2.26. The van der Waals surface area contributed by atoms with E-state index in [0.29, 0.717) is 12.2 Å². The number of rotatable bonds is 3. The van der Waals surface area contributed by atoms with E-state index < -0.39 is 9.04 Å². The predicted molar refractivity (Wildman–Crippen MR) is 53.8 cm³/mol. The molecule has 0 amide bonds. The van der Waals surface area contributed by atoms with E-state index in [0.717, 1.165) is 17.9 Å². The zero-order valence-corrected chi connectivity index (χ0v) is 9.49. The van der Waals surface area contributed by atoms with E-state index in [1.165, 1.54) is 19.3 Å². The van der Waals surface area contributed by atoms with Gasteiger partial charge in [0.25, 0.3) is 0 Å². The van der Waals surface area contributed by atoms with Crippen LogP contribution >= 0.6 is 0 Å². The Labute approximate surface area is 82.0 Å². The van der Waals surface area contributed by atoms with Crippen molar-refractivity contribution in [1.82, 2.24) is 0 Å². The molecule has 1 heterocycles. The summed E-state index contributed by atoms with van der Waals surface area (Å²) in [6, 6.07) is 1.05. The summed E-state index contributed by atoms with van der Waals surface area (Å²) in [6.45, 7) is 4.32. The van der Waals surface area contributed by atoms with E-state index in [1.54, 1.807) is 0 Å². The van der Waals surface area contributed by atoms with Crippen LogP contribution in [0.2, 0.25) is 12.6 Å². The first-order valence-corrected chi connectivity index (χ1v) is 7.49. The van der Waals surface area contributed by atoms with Gasteiger partial charge in [-0.3, -0.25) is 0 Å². The van der Waals surface area contributed by atoms with E-state index in [-0.39, 0.29) is 0 Å². The third kappa shape index (κ3) is 2.33. The van der Waals surface area contributed by atoms with Crippen molar-refractivity contribution >= 4 is 9.04 Å². The molecule has 2 rings (SSSR count). The summed E-state index contributed by atoms with van der Waals surface area (Å²) in [5.74, 6) is 1.63. The van der Waals surface area contributed by atoms with Crippen molar-refractivity contribution in [2.24, 2.45) is 11.8 Å². The number of fused-ring (bicyclic) bond motifs is 1. The molecule has 4 unspecified atom stereocenters. The Balaban J connectivity index is 1.77. The molecule has 0 spiro atoms. The van der Waals surface area contributed by atoms with Crippen molar-refractivity contribution in [3.05, 3.63) is 0 Å². The first-order chi connectivity index (χ1) is 6.16. The quantitative estimate of drug-likeness (QED) is 0.555. The molecule has 2 fully saturated rings. The lowest BCUT2D eigenvalue weighted by Crippen LogP contribution is -2.23. The predicted octanol–water partition coefficient (Wildman–Crippen LogP) is 1.80. The summed E-state index contributed by atoms with van der Waals surface area (Å²) in [4.78, 5) is 9.32. The lowest BCUT2D eigenvalue weighted by molar-refractivity contribution is 0.275. The molecule has 75 valence electrons. The van der Waals surface area contributed by atoms with E-state index >= 15 is 0 Å². The molecule has 4 atom stereocenters. The highest BCUT2D eigenvalue weighted by atomic mass is 28.3. The van der Waals surface area contributed by atoms with Gasteiger partial charge >= 0.3 is 0 Å². The fraction of sp³-hybridized carbons (Fsp3) is 1.00. The molecule has 0 bridgehead atoms. The Kier molecular flexibility index (Phi) is 2.77. The van der Waals surface area contributed by atoms with Crippen molar-refractivity contribution in [3.63, 3.8) is 0 Å². The van der Waals surface area contributed by atoms with Crippen LogP contribution in [-0.4, -0.2) is 26.0 Å². The largest absolute Gasteiger partial charge is 0.432 e. The minimum atomic E-state index is -1.00. The van der Waals surface area contributed by atoms with Gasteiger partial charge in [0.15, 0.2) is 0 Å². The summed E-state index contributed by atoms with van der Waals surface area (Å²) >= 11 is 0. The number of hydrogen-bond acceptors (Lipinski definition) is 2. The molecule has 2 nitrogen and oxygen atoms in total. The summed E-state index contributed by atoms with van der Waals surface area (Å²) in [5.41, 5.74) is 0. The van der Waals surface area contributed by atoms with E-state index in [1.807, 2.05) is 6.55 Å². The molecule has 1 saturated carbocycles. The van der Waals surface area contributed by atoms with Crippen LogP contribution in [0.3, 0.4) is 0 Å². The molecule has 0 aromatic carbocycles. The van der Waals surface area contributed by atoms with E-state index in [9.17, 15) is 4.80 Å². The van der Waals surface area contributed by atoms with Gasteiger partial charge < -0.3 is 9.53 Å². The summed E-state index contributed by atoms with van der Waals surface area (Å²) in [5, 5.41) is 0. The highest BCUT2D eigenvalue weighted by molar-refractivity contribution is 6.48. The zero-order chi connectivity index (χ0) is 9.42. The minimum Gasteiger partial charge on any atom is -0.432 e. The summed E-state index contributed by atoms with van der Waals surface area (Å²) < 4.78 is 5.53. The van der Waals surface area contributed by atoms with Crippen LogP contribution in [0.25, 0.3) is 0 Å². The summed E-state index contributed by atoms with van der Waals surface area (Å²) in [6.07, 6.45) is 4.92. The molecule has 0 aromatic rings. The van der Waals surface area contributed by atoms with Gasteiger partial charge in [0.05, 0.1) is 12.2 Å². The lowest BCUT2D eigenvalue weighted by atomic mass is 9.79. The van der Waals surface area contributed by atoms with E-state index in [4.69, 9.17) is 4.74 Å². The smallest absolute Gasteiger partial charge is 0.203 e. The monoisotopic (exact) mass is 199 g/mol. The third-order valence-electron chi connectivity index (χ3n) is 3.51. The van der Waals surface area contributed by atoms with Gasteiger partial charge in [-0.15, -0.1) is 0 Å². The number of ether oxygens (including phenoxy) is 1. The van der Waals surface area contributed by atoms with Crippen molar-refractivity contribution in [2.75, 3.05) is 0 Å². The molecule has 0 aromatic heterocycles. The molecule has 1 N–H and O–H groups in total. The van der Waals surface area contributed by atoms with Crippen LogP contribution in [0, 0.1) is 11.8 Å². The maximum atomic E-state index is 9.32. The van der Waals surface area contributed by atoms with Crippen LogP contribution in [0.5, 0.6) is 0 Å². The van der Waals surface area contributed by atoms with Crippen LogP contribution in [0.1, 0.15) is 26.2 Å². The molecule has 2 aliphatic rings. The second-order valence-electron chi connectivity index (χ2n) is 4.70. The Bertz CT molecular complexity index is 184. The van der Waals surface area contributed by atoms with Gasteiger partial charge in [0, 0.05) is 0 Å². The van der Waals surface area contributed by atoms with Crippen LogP contribution in [-0.2, 0) is 4.74 Å². The van der Waals surface area contributed by atoms with Gasteiger partial charge in [-0.05, 0) is 37.3 Å². The minimum absolute atomic E-state index is 0.590. The first kappa shape index (κ1) is 9.68. The second-order valence-corrected chi connectivity index (χ2v) is 6.67. The van der Waals surface area contributed by atoms with Crippen LogP contribution in [0.15, 0.2) is 0 Å². The molecule has 1 aliphatic heterocycles. The average molecular weight is 199 g/mol. The Morgan fingerprint density at radius 3 is 2.77 bits per heavy atom. The standard InChI is InChI=1S/C10H19O2Si/c1-7-5-9-10(12-9)6-8(7)3-4-13(2)11/h7-11H,3-6H2,1-2H3. The van der Waals surface area contributed by atoms with Crippen LogP contribution < -0.4 is 0 Å². The third-order valence-corrected chi connectivity index (χ3v) is 4.52. The van der Waals surface area contributed by atoms with Gasteiger partial charge in [0.1, 0.15) is 0 Å². The van der Waals surface area contributed by atoms with Crippen molar-refractivity contribution in [3.8, 4) is 0 Å². The van der Waals surface area contributed by atoms with Crippen molar-refractivity contribution in [1.29, 1.82) is 0 Å². The zero-order valence-electron chi connectivity index (χ0n) is 8.49. The molecule has 1 radical (unpaired) electrons. The molecular weight excluding hydrogens is 180 g/mol. The van der Waals surface area contributed by atoms with Crippen molar-refractivity contribution < 1.29 is 9.53 Å². The molecular formula is C10H19O2Si. The highest BCUT2D eigenvalue weighted by Gasteiger charge is 2.46. The number of epoxide rings is 1. The summed E-state index contributed by atoms with van der Waals surface area (Å²) in [7, 11) is -1.00. The fourth-order valence-corrected chi connectivity index (χ4v) is 3.27. The molecule has 3 heteroatoms. The van der Waals surface area contributed by atoms with Gasteiger partial charge in [-0.2, -0.15) is 0 Å². The normalized spacial score (nSPS) is 43.4. The van der Waals surface area contributed by atoms with E-state index in [2.05, 4.69) is 6.92 Å². The van der Waals surface area contributed by atoms with Gasteiger partial charge in [-0.1, -0.05) is 13.3 Å². The maximum Gasteiger partial charge on any atom is 0.203 e. The SMILES string of the molecule is CC1CC2OC2CC1CC[Si](C)O. The Hall–Kier alpha value is 0.137. The second kappa shape index (κ2) is 3.71. The molecule has 1 saturated heterocycles.